The van der Waals surface area contributed by atoms with Gasteiger partial charge in [-0.15, -0.1) is 0 Å². The predicted molar refractivity (Wildman–Crippen MR) is 106 cm³/mol. The molecule has 0 saturated heterocycles. The SMILES string of the molecule is CCOC(=O)c1c(C)oc2ncn(CC(=O)Nc3ccc4c(c3)CCC4)c(=O)c12. The number of aromatic nitrogens is 2. The fraction of sp³-hybridized carbons (Fsp3) is 0.333. The van der Waals surface area contributed by atoms with Crippen LogP contribution in [0.5, 0.6) is 0 Å². The minimum atomic E-state index is -0.650. The number of nitrogens with one attached hydrogen (secondary N) is 1. The van der Waals surface area contributed by atoms with E-state index in [9.17, 15) is 14.4 Å². The number of carbonyl (C=O) groups excluding carboxylic acids is 2. The highest BCUT2D eigenvalue weighted by Gasteiger charge is 2.24. The maximum Gasteiger partial charge on any atom is 0.342 e. The molecule has 0 radical (unpaired) electrons. The minimum absolute atomic E-state index is 0.0220. The summed E-state index contributed by atoms with van der Waals surface area (Å²) in [6, 6.07) is 5.87. The van der Waals surface area contributed by atoms with Crippen LogP contribution in [-0.4, -0.2) is 28.0 Å². The molecule has 29 heavy (non-hydrogen) atoms. The molecule has 8 nitrogen and oxygen atoms in total. The van der Waals surface area contributed by atoms with Gasteiger partial charge in [-0.1, -0.05) is 6.07 Å². The van der Waals surface area contributed by atoms with Gasteiger partial charge in [-0.05, 0) is 56.4 Å². The second-order valence-corrected chi connectivity index (χ2v) is 7.00. The van der Waals surface area contributed by atoms with Crippen LogP contribution in [0.4, 0.5) is 5.69 Å². The summed E-state index contributed by atoms with van der Waals surface area (Å²) >= 11 is 0. The highest BCUT2D eigenvalue weighted by Crippen LogP contribution is 2.25. The zero-order valence-corrected chi connectivity index (χ0v) is 16.3. The maximum absolute atomic E-state index is 12.9. The number of fused-ring (bicyclic) bond motifs is 2. The summed E-state index contributed by atoms with van der Waals surface area (Å²) in [7, 11) is 0. The van der Waals surface area contributed by atoms with Gasteiger partial charge < -0.3 is 14.5 Å². The Balaban J connectivity index is 1.60. The molecule has 1 aliphatic rings. The van der Waals surface area contributed by atoms with Gasteiger partial charge in [0.2, 0.25) is 11.6 Å². The fourth-order valence-electron chi connectivity index (χ4n) is 3.70. The van der Waals surface area contributed by atoms with Gasteiger partial charge in [0, 0.05) is 5.69 Å². The Morgan fingerprint density at radius 1 is 1.28 bits per heavy atom. The summed E-state index contributed by atoms with van der Waals surface area (Å²) in [5, 5.41) is 2.84. The third-order valence-electron chi connectivity index (χ3n) is 5.03. The van der Waals surface area contributed by atoms with E-state index in [1.807, 2.05) is 18.2 Å². The molecule has 0 atom stereocenters. The Bertz CT molecular complexity index is 1180. The first-order chi connectivity index (χ1) is 14.0. The number of amides is 1. The van der Waals surface area contributed by atoms with Crippen LogP contribution in [0, 0.1) is 6.92 Å². The summed E-state index contributed by atoms with van der Waals surface area (Å²) in [5.41, 5.74) is 2.83. The van der Waals surface area contributed by atoms with Gasteiger partial charge >= 0.3 is 5.97 Å². The molecule has 1 amide bonds. The lowest BCUT2D eigenvalue weighted by atomic mass is 10.1. The van der Waals surface area contributed by atoms with Crippen LogP contribution in [-0.2, 0) is 28.9 Å². The van der Waals surface area contributed by atoms with Crippen molar-refractivity contribution in [1.82, 2.24) is 9.55 Å². The van der Waals surface area contributed by atoms with Gasteiger partial charge in [0.05, 0.1) is 6.61 Å². The highest BCUT2D eigenvalue weighted by atomic mass is 16.5. The second-order valence-electron chi connectivity index (χ2n) is 7.00. The van der Waals surface area contributed by atoms with E-state index in [0.717, 1.165) is 23.8 Å². The number of aryl methyl sites for hydroxylation is 3. The highest BCUT2D eigenvalue weighted by molar-refractivity contribution is 6.03. The standard InChI is InChI=1S/C21H21N3O5/c1-3-28-21(27)17-12(2)29-19-18(17)20(26)24(11-22-19)10-16(25)23-15-8-7-13-5-4-6-14(13)9-15/h7-9,11H,3-6,10H2,1-2H3,(H,23,25). The van der Waals surface area contributed by atoms with Crippen LogP contribution in [0.1, 0.15) is 40.6 Å². The van der Waals surface area contributed by atoms with Crippen molar-refractivity contribution in [2.75, 3.05) is 11.9 Å². The molecule has 0 bridgehead atoms. The monoisotopic (exact) mass is 395 g/mol. The molecule has 1 aliphatic carbocycles. The smallest absolute Gasteiger partial charge is 0.342 e. The quantitative estimate of drug-likeness (QED) is 0.666. The lowest BCUT2D eigenvalue weighted by molar-refractivity contribution is -0.116. The first kappa shape index (κ1) is 18.9. The third-order valence-corrected chi connectivity index (χ3v) is 5.03. The third kappa shape index (κ3) is 3.53. The lowest BCUT2D eigenvalue weighted by Crippen LogP contribution is -2.28. The van der Waals surface area contributed by atoms with E-state index in [2.05, 4.69) is 10.3 Å². The van der Waals surface area contributed by atoms with Crippen molar-refractivity contribution < 1.29 is 18.7 Å². The first-order valence-corrected chi connectivity index (χ1v) is 9.55. The van der Waals surface area contributed by atoms with Crippen LogP contribution in [0.2, 0.25) is 0 Å². The number of carbonyl (C=O) groups is 2. The molecule has 2 heterocycles. The average molecular weight is 395 g/mol. The number of anilines is 1. The molecule has 150 valence electrons. The molecule has 0 unspecified atom stereocenters. The molecule has 2 aromatic heterocycles. The number of furan rings is 1. The number of ether oxygens (including phenoxy) is 1. The summed E-state index contributed by atoms with van der Waals surface area (Å²) in [6.45, 7) is 3.18. The van der Waals surface area contributed by atoms with Gasteiger partial charge in [0.25, 0.3) is 5.56 Å². The van der Waals surface area contributed by atoms with Crippen molar-refractivity contribution in [3.05, 3.63) is 57.3 Å². The molecular formula is C21H21N3O5. The minimum Gasteiger partial charge on any atom is -0.462 e. The van der Waals surface area contributed by atoms with Crippen LogP contribution < -0.4 is 10.9 Å². The van der Waals surface area contributed by atoms with Gasteiger partial charge in [-0.25, -0.2) is 9.78 Å². The van der Waals surface area contributed by atoms with E-state index in [4.69, 9.17) is 9.15 Å². The van der Waals surface area contributed by atoms with Crippen LogP contribution in [0.15, 0.2) is 33.7 Å². The zero-order chi connectivity index (χ0) is 20.5. The molecular weight excluding hydrogens is 374 g/mol. The lowest BCUT2D eigenvalue weighted by Gasteiger charge is -2.09. The summed E-state index contributed by atoms with van der Waals surface area (Å²) in [5.74, 6) is -0.754. The molecule has 0 spiro atoms. The number of rotatable bonds is 5. The van der Waals surface area contributed by atoms with Crippen molar-refractivity contribution >= 4 is 28.7 Å². The Hall–Kier alpha value is -3.42. The molecule has 1 aromatic carbocycles. The Labute approximate surface area is 166 Å². The topological polar surface area (TPSA) is 103 Å². The van der Waals surface area contributed by atoms with E-state index in [1.54, 1.807) is 13.8 Å². The number of hydrogen-bond donors (Lipinski definition) is 1. The van der Waals surface area contributed by atoms with Crippen molar-refractivity contribution in [1.29, 1.82) is 0 Å². The fourth-order valence-corrected chi connectivity index (χ4v) is 3.70. The van der Waals surface area contributed by atoms with Gasteiger partial charge in [0.1, 0.15) is 29.6 Å². The predicted octanol–water partition coefficient (Wildman–Crippen LogP) is 2.60. The van der Waals surface area contributed by atoms with E-state index < -0.39 is 11.5 Å². The maximum atomic E-state index is 12.9. The Kier molecular flexibility index (Phi) is 4.92. The van der Waals surface area contributed by atoms with Gasteiger partial charge in [0.15, 0.2) is 0 Å². The van der Waals surface area contributed by atoms with Crippen LogP contribution >= 0.6 is 0 Å². The van der Waals surface area contributed by atoms with E-state index in [1.165, 1.54) is 17.5 Å². The number of nitrogens with zero attached hydrogens (tertiary/aromatic N) is 2. The van der Waals surface area contributed by atoms with Crippen molar-refractivity contribution in [2.45, 2.75) is 39.7 Å². The Morgan fingerprint density at radius 3 is 2.86 bits per heavy atom. The summed E-state index contributed by atoms with van der Waals surface area (Å²) < 4.78 is 11.6. The number of esters is 1. The number of hydrogen-bond acceptors (Lipinski definition) is 6. The van der Waals surface area contributed by atoms with Crippen molar-refractivity contribution in [3.8, 4) is 0 Å². The molecule has 4 rings (SSSR count). The zero-order valence-electron chi connectivity index (χ0n) is 16.3. The van der Waals surface area contributed by atoms with Gasteiger partial charge in [-0.2, -0.15) is 0 Å². The summed E-state index contributed by atoms with van der Waals surface area (Å²) in [4.78, 5) is 41.7. The molecule has 3 aromatic rings. The normalized spacial score (nSPS) is 12.8. The Morgan fingerprint density at radius 2 is 2.07 bits per heavy atom. The van der Waals surface area contributed by atoms with E-state index in [0.29, 0.717) is 5.69 Å². The first-order valence-electron chi connectivity index (χ1n) is 9.55. The molecule has 0 fully saturated rings. The van der Waals surface area contributed by atoms with Crippen LogP contribution in [0.3, 0.4) is 0 Å². The largest absolute Gasteiger partial charge is 0.462 e. The molecule has 0 aliphatic heterocycles. The van der Waals surface area contributed by atoms with E-state index in [-0.39, 0.29) is 41.5 Å². The molecule has 8 heteroatoms. The van der Waals surface area contributed by atoms with Crippen molar-refractivity contribution in [3.63, 3.8) is 0 Å². The molecule has 0 saturated carbocycles. The molecule has 1 N–H and O–H groups in total. The van der Waals surface area contributed by atoms with Crippen molar-refractivity contribution in [2.24, 2.45) is 0 Å². The van der Waals surface area contributed by atoms with Crippen LogP contribution in [0.25, 0.3) is 11.1 Å². The van der Waals surface area contributed by atoms with E-state index >= 15 is 0 Å². The second kappa shape index (κ2) is 7.54. The average Bonchev–Trinajstić information content (AvgIpc) is 3.27. The van der Waals surface area contributed by atoms with Gasteiger partial charge in [-0.3, -0.25) is 14.2 Å². The summed E-state index contributed by atoms with van der Waals surface area (Å²) in [6.07, 6.45) is 4.44. The number of benzene rings is 1.